The number of hydrogen-bond donors (Lipinski definition) is 1. The highest BCUT2D eigenvalue weighted by Crippen LogP contribution is 2.17. The van der Waals surface area contributed by atoms with Gasteiger partial charge in [-0.3, -0.25) is 0 Å². The van der Waals surface area contributed by atoms with Gasteiger partial charge in [-0.05, 0) is 31.6 Å². The molecule has 0 spiro atoms. The summed E-state index contributed by atoms with van der Waals surface area (Å²) in [7, 11) is 3.84. The number of amides is 2. The summed E-state index contributed by atoms with van der Waals surface area (Å²) in [5.41, 5.74) is 0. The van der Waals surface area contributed by atoms with E-state index in [4.69, 9.17) is 4.74 Å². The van der Waals surface area contributed by atoms with Gasteiger partial charge in [0, 0.05) is 59.2 Å². The fourth-order valence-electron chi connectivity index (χ4n) is 2.75. The molecule has 1 aromatic rings. The predicted octanol–water partition coefficient (Wildman–Crippen LogP) is 1.81. The number of nitrogens with zero attached hydrogens (tertiary/aromatic N) is 3. The molecule has 124 valence electrons. The highest BCUT2D eigenvalue weighted by atomic mass is 16.5. The zero-order valence-corrected chi connectivity index (χ0v) is 13.8. The van der Waals surface area contributed by atoms with Gasteiger partial charge < -0.3 is 19.5 Å². The van der Waals surface area contributed by atoms with Crippen molar-refractivity contribution in [2.75, 3.05) is 33.4 Å². The second-order valence-electron chi connectivity index (χ2n) is 6.08. The van der Waals surface area contributed by atoms with Crippen LogP contribution in [0.25, 0.3) is 0 Å². The van der Waals surface area contributed by atoms with Crippen LogP contribution in [0.15, 0.2) is 12.4 Å². The third-order valence-corrected chi connectivity index (χ3v) is 4.25. The van der Waals surface area contributed by atoms with Gasteiger partial charge in [-0.1, -0.05) is 0 Å². The van der Waals surface area contributed by atoms with Crippen molar-refractivity contribution in [1.29, 1.82) is 0 Å². The number of aromatic nitrogens is 2. The molecule has 0 aliphatic carbocycles. The first kappa shape index (κ1) is 16.8. The summed E-state index contributed by atoms with van der Waals surface area (Å²) in [5.74, 6) is 1.75. The lowest BCUT2D eigenvalue weighted by Gasteiger charge is -2.18. The molecule has 1 N–H and O–H groups in total. The van der Waals surface area contributed by atoms with E-state index in [2.05, 4.69) is 10.3 Å². The second kappa shape index (κ2) is 8.78. The predicted molar refractivity (Wildman–Crippen MR) is 85.7 cm³/mol. The van der Waals surface area contributed by atoms with E-state index in [0.717, 1.165) is 57.8 Å². The van der Waals surface area contributed by atoms with Crippen LogP contribution in [0.1, 0.15) is 31.5 Å². The van der Waals surface area contributed by atoms with Gasteiger partial charge in [0.25, 0.3) is 0 Å². The van der Waals surface area contributed by atoms with Gasteiger partial charge in [0.15, 0.2) is 0 Å². The number of rotatable bonds is 8. The van der Waals surface area contributed by atoms with E-state index >= 15 is 0 Å². The monoisotopic (exact) mass is 308 g/mol. The Balaban J connectivity index is 1.53. The van der Waals surface area contributed by atoms with E-state index in [1.807, 2.05) is 24.9 Å². The number of hydrogen-bond acceptors (Lipinski definition) is 3. The summed E-state index contributed by atoms with van der Waals surface area (Å²) in [5, 5.41) is 2.99. The summed E-state index contributed by atoms with van der Waals surface area (Å²) in [6, 6.07) is 0.0162. The lowest BCUT2D eigenvalue weighted by Crippen LogP contribution is -2.38. The van der Waals surface area contributed by atoms with Crippen molar-refractivity contribution in [3.8, 4) is 0 Å². The van der Waals surface area contributed by atoms with E-state index in [1.54, 1.807) is 11.1 Å². The molecule has 1 saturated heterocycles. The quantitative estimate of drug-likeness (QED) is 0.745. The molecule has 6 nitrogen and oxygen atoms in total. The van der Waals surface area contributed by atoms with Crippen molar-refractivity contribution in [2.24, 2.45) is 13.0 Å². The van der Waals surface area contributed by atoms with Crippen LogP contribution in [0.3, 0.4) is 0 Å². The van der Waals surface area contributed by atoms with Crippen LogP contribution >= 0.6 is 0 Å². The summed E-state index contributed by atoms with van der Waals surface area (Å²) >= 11 is 0. The molecule has 2 heterocycles. The van der Waals surface area contributed by atoms with Crippen LogP contribution in [0.2, 0.25) is 0 Å². The Morgan fingerprint density at radius 3 is 3.09 bits per heavy atom. The number of carbonyl (C=O) groups is 1. The first-order valence-corrected chi connectivity index (χ1v) is 8.19. The molecular weight excluding hydrogens is 280 g/mol. The molecule has 0 saturated carbocycles. The van der Waals surface area contributed by atoms with Gasteiger partial charge in [0.05, 0.1) is 0 Å². The summed E-state index contributed by atoms with van der Waals surface area (Å²) in [4.78, 5) is 18.0. The molecule has 0 aromatic carbocycles. The number of ether oxygens (including phenoxy) is 1. The number of imidazole rings is 1. The molecule has 0 radical (unpaired) electrons. The van der Waals surface area contributed by atoms with E-state index in [1.165, 1.54) is 6.42 Å². The lowest BCUT2D eigenvalue weighted by atomic mass is 10.0. The molecule has 2 rings (SSSR count). The van der Waals surface area contributed by atoms with Gasteiger partial charge >= 0.3 is 6.03 Å². The lowest BCUT2D eigenvalue weighted by molar-refractivity contribution is 0.183. The Hall–Kier alpha value is -1.56. The largest absolute Gasteiger partial charge is 0.381 e. The summed E-state index contributed by atoms with van der Waals surface area (Å²) in [6.45, 7) is 3.28. The Morgan fingerprint density at radius 1 is 1.55 bits per heavy atom. The zero-order chi connectivity index (χ0) is 15.8. The smallest absolute Gasteiger partial charge is 0.317 e. The van der Waals surface area contributed by atoms with Crippen molar-refractivity contribution >= 4 is 6.03 Å². The minimum atomic E-state index is 0.0162. The molecule has 0 bridgehead atoms. The van der Waals surface area contributed by atoms with Crippen LogP contribution in [0.5, 0.6) is 0 Å². The SMILES string of the molecule is CN(CCCc1nccn1C)C(=O)NCCC[C@H]1CCOC1. The highest BCUT2D eigenvalue weighted by Gasteiger charge is 2.15. The number of nitrogens with one attached hydrogen (secondary N) is 1. The van der Waals surface area contributed by atoms with Crippen LogP contribution in [-0.4, -0.2) is 53.8 Å². The summed E-state index contributed by atoms with van der Waals surface area (Å²) in [6.07, 6.45) is 8.91. The van der Waals surface area contributed by atoms with Crippen LogP contribution in [0, 0.1) is 5.92 Å². The Labute approximate surface area is 132 Å². The molecular formula is C16H28N4O2. The number of urea groups is 1. The number of aryl methyl sites for hydroxylation is 2. The van der Waals surface area contributed by atoms with E-state index in [9.17, 15) is 4.79 Å². The fourth-order valence-corrected chi connectivity index (χ4v) is 2.75. The van der Waals surface area contributed by atoms with Gasteiger partial charge in [0.1, 0.15) is 5.82 Å². The van der Waals surface area contributed by atoms with Crippen LogP contribution in [0.4, 0.5) is 4.79 Å². The van der Waals surface area contributed by atoms with Crippen LogP contribution in [-0.2, 0) is 18.2 Å². The van der Waals surface area contributed by atoms with Crippen molar-refractivity contribution in [2.45, 2.75) is 32.1 Å². The first-order valence-electron chi connectivity index (χ1n) is 8.19. The first-order chi connectivity index (χ1) is 10.7. The standard InChI is InChI=1S/C16H28N4O2/c1-19-11-9-17-15(19)6-4-10-20(2)16(21)18-8-3-5-14-7-12-22-13-14/h9,11,14H,3-8,10,12-13H2,1-2H3,(H,18,21)/t14-/m0/s1. The second-order valence-corrected chi connectivity index (χ2v) is 6.08. The average Bonchev–Trinajstić information content (AvgIpc) is 3.15. The molecule has 1 aliphatic heterocycles. The maximum atomic E-state index is 12.0. The van der Waals surface area contributed by atoms with E-state index in [-0.39, 0.29) is 6.03 Å². The molecule has 1 fully saturated rings. The third-order valence-electron chi connectivity index (χ3n) is 4.25. The van der Waals surface area contributed by atoms with Gasteiger partial charge in [0.2, 0.25) is 0 Å². The van der Waals surface area contributed by atoms with Gasteiger partial charge in [-0.25, -0.2) is 9.78 Å². The minimum Gasteiger partial charge on any atom is -0.381 e. The average molecular weight is 308 g/mol. The molecule has 0 unspecified atom stereocenters. The Kier molecular flexibility index (Phi) is 6.71. The third kappa shape index (κ3) is 5.33. The maximum Gasteiger partial charge on any atom is 0.317 e. The Morgan fingerprint density at radius 2 is 2.41 bits per heavy atom. The van der Waals surface area contributed by atoms with Crippen molar-refractivity contribution in [1.82, 2.24) is 19.8 Å². The fraction of sp³-hybridized carbons (Fsp3) is 0.750. The van der Waals surface area contributed by atoms with Crippen molar-refractivity contribution < 1.29 is 9.53 Å². The van der Waals surface area contributed by atoms with E-state index < -0.39 is 0 Å². The molecule has 1 aliphatic rings. The molecule has 1 atom stereocenters. The van der Waals surface area contributed by atoms with Crippen molar-refractivity contribution in [3.05, 3.63) is 18.2 Å². The normalized spacial score (nSPS) is 17.6. The Bertz CT molecular complexity index is 455. The van der Waals surface area contributed by atoms with Crippen LogP contribution < -0.4 is 5.32 Å². The van der Waals surface area contributed by atoms with Gasteiger partial charge in [-0.15, -0.1) is 0 Å². The molecule has 6 heteroatoms. The highest BCUT2D eigenvalue weighted by molar-refractivity contribution is 5.73. The van der Waals surface area contributed by atoms with Crippen molar-refractivity contribution in [3.63, 3.8) is 0 Å². The number of carbonyl (C=O) groups excluding carboxylic acids is 1. The minimum absolute atomic E-state index is 0.0162. The maximum absolute atomic E-state index is 12.0. The molecule has 22 heavy (non-hydrogen) atoms. The van der Waals surface area contributed by atoms with E-state index in [0.29, 0.717) is 5.92 Å². The molecule has 1 aromatic heterocycles. The zero-order valence-electron chi connectivity index (χ0n) is 13.8. The molecule has 2 amide bonds. The van der Waals surface area contributed by atoms with Gasteiger partial charge in [-0.2, -0.15) is 0 Å². The summed E-state index contributed by atoms with van der Waals surface area (Å²) < 4.78 is 7.37. The topological polar surface area (TPSA) is 59.4 Å².